The molecule has 118 valence electrons. The average Bonchev–Trinajstić information content (AvgIpc) is 2.61. The predicted molar refractivity (Wildman–Crippen MR) is 85.7 cm³/mol. The fraction of sp³-hybridized carbons (Fsp3) is 0.278. The molecule has 0 spiro atoms. The number of carbonyl (C=O) groups is 1. The lowest BCUT2D eigenvalue weighted by atomic mass is 10.0. The Kier molecular flexibility index (Phi) is 8.07. The van der Waals surface area contributed by atoms with Gasteiger partial charge in [0.15, 0.2) is 12.1 Å². The van der Waals surface area contributed by atoms with Gasteiger partial charge in [0.2, 0.25) is 0 Å². The van der Waals surface area contributed by atoms with Gasteiger partial charge in [-0.3, -0.25) is 4.79 Å². The number of hydrogen-bond acceptors (Lipinski definition) is 4. The lowest BCUT2D eigenvalue weighted by Gasteiger charge is -2.03. The third kappa shape index (κ3) is 5.77. The van der Waals surface area contributed by atoms with Gasteiger partial charge in [-0.2, -0.15) is 0 Å². The minimum Gasteiger partial charge on any atom is -0.392 e. The van der Waals surface area contributed by atoms with Crippen LogP contribution in [0.15, 0.2) is 54.6 Å². The number of rotatable bonds is 5. The Morgan fingerprint density at radius 3 is 1.86 bits per heavy atom. The zero-order valence-corrected chi connectivity index (χ0v) is 13.2. The molecule has 0 saturated carbocycles. The van der Waals surface area contributed by atoms with E-state index in [4.69, 9.17) is 5.11 Å². The number of methoxy groups -OCH3 is 2. The van der Waals surface area contributed by atoms with Crippen LogP contribution in [0.2, 0.25) is 0 Å². The summed E-state index contributed by atoms with van der Waals surface area (Å²) < 4.78 is 9.35. The number of aliphatic hydroxyl groups excluding tert-OH is 1. The molecule has 0 unspecified atom stereocenters. The Morgan fingerprint density at radius 1 is 0.955 bits per heavy atom. The molecule has 22 heavy (non-hydrogen) atoms. The molecular formula is C18H22O4. The minimum atomic E-state index is -0.0648. The first kappa shape index (κ1) is 18.0. The average molecular weight is 302 g/mol. The smallest absolute Gasteiger partial charge is 0.193 e. The van der Waals surface area contributed by atoms with E-state index in [-0.39, 0.29) is 18.7 Å². The van der Waals surface area contributed by atoms with E-state index in [1.54, 1.807) is 50.6 Å². The van der Waals surface area contributed by atoms with Crippen LogP contribution in [0.3, 0.4) is 0 Å². The Bertz CT molecular complexity index is 545. The highest BCUT2D eigenvalue weighted by molar-refractivity contribution is 6.08. The summed E-state index contributed by atoms with van der Waals surface area (Å²) in [6.07, 6.45) is -0.0648. The van der Waals surface area contributed by atoms with E-state index in [0.29, 0.717) is 11.1 Å². The van der Waals surface area contributed by atoms with Crippen LogP contribution in [0, 0.1) is 0 Å². The number of hydrogen-bond donors (Lipinski definition) is 1. The highest BCUT2D eigenvalue weighted by Crippen LogP contribution is 2.10. The third-order valence-corrected chi connectivity index (χ3v) is 3.10. The van der Waals surface area contributed by atoms with Crippen LogP contribution in [0.5, 0.6) is 0 Å². The van der Waals surface area contributed by atoms with Gasteiger partial charge in [0.25, 0.3) is 0 Å². The Morgan fingerprint density at radius 2 is 1.45 bits per heavy atom. The van der Waals surface area contributed by atoms with Crippen LogP contribution < -0.4 is 0 Å². The van der Waals surface area contributed by atoms with Gasteiger partial charge >= 0.3 is 0 Å². The standard InChI is InChI=1S/C14H12O2.C4H10O2/c15-10-11-6-8-13(9-7-11)14(16)12-4-2-1-3-5-12;1-4(5-2)6-3/h1-9,15H,10H2;4H,1-3H3. The van der Waals surface area contributed by atoms with Crippen molar-refractivity contribution in [3.8, 4) is 0 Å². The Labute approximate surface area is 131 Å². The first-order chi connectivity index (χ1) is 10.6. The van der Waals surface area contributed by atoms with Crippen molar-refractivity contribution >= 4 is 5.78 Å². The number of ketones is 1. The summed E-state index contributed by atoms with van der Waals surface area (Å²) >= 11 is 0. The van der Waals surface area contributed by atoms with Crippen molar-refractivity contribution in [3.63, 3.8) is 0 Å². The van der Waals surface area contributed by atoms with Gasteiger partial charge in [-0.15, -0.1) is 0 Å². The van der Waals surface area contributed by atoms with E-state index in [2.05, 4.69) is 9.47 Å². The SMILES string of the molecule is COC(C)OC.O=C(c1ccccc1)c1ccc(CO)cc1. The van der Waals surface area contributed by atoms with Crippen molar-refractivity contribution in [1.29, 1.82) is 0 Å². The van der Waals surface area contributed by atoms with Gasteiger partial charge in [-0.05, 0) is 12.5 Å². The molecule has 4 heteroatoms. The number of benzene rings is 2. The first-order valence-corrected chi connectivity index (χ1v) is 6.97. The predicted octanol–water partition coefficient (Wildman–Crippen LogP) is 3.04. The molecule has 0 saturated heterocycles. The van der Waals surface area contributed by atoms with E-state index in [1.165, 1.54) is 0 Å². The number of aliphatic hydroxyl groups is 1. The second-order valence-corrected chi connectivity index (χ2v) is 4.59. The van der Waals surface area contributed by atoms with E-state index < -0.39 is 0 Å². The van der Waals surface area contributed by atoms with E-state index in [1.807, 2.05) is 25.1 Å². The maximum Gasteiger partial charge on any atom is 0.193 e. The fourth-order valence-corrected chi connectivity index (χ4v) is 1.61. The van der Waals surface area contributed by atoms with E-state index in [0.717, 1.165) is 5.56 Å². The van der Waals surface area contributed by atoms with Crippen molar-refractivity contribution in [2.75, 3.05) is 14.2 Å². The monoisotopic (exact) mass is 302 g/mol. The van der Waals surface area contributed by atoms with Crippen molar-refractivity contribution in [1.82, 2.24) is 0 Å². The quantitative estimate of drug-likeness (QED) is 0.681. The van der Waals surface area contributed by atoms with Gasteiger partial charge in [-0.1, -0.05) is 54.6 Å². The summed E-state index contributed by atoms with van der Waals surface area (Å²) in [6, 6.07) is 16.1. The van der Waals surface area contributed by atoms with Crippen LogP contribution in [-0.4, -0.2) is 31.4 Å². The van der Waals surface area contributed by atoms with E-state index >= 15 is 0 Å². The molecule has 0 aliphatic heterocycles. The van der Waals surface area contributed by atoms with Crippen molar-refractivity contribution < 1.29 is 19.4 Å². The molecular weight excluding hydrogens is 280 g/mol. The van der Waals surface area contributed by atoms with Gasteiger partial charge in [-0.25, -0.2) is 0 Å². The molecule has 0 bridgehead atoms. The Hall–Kier alpha value is -2.01. The van der Waals surface area contributed by atoms with Crippen LogP contribution in [0.1, 0.15) is 28.4 Å². The maximum absolute atomic E-state index is 12.0. The second-order valence-electron chi connectivity index (χ2n) is 4.59. The Balaban J connectivity index is 0.000000346. The van der Waals surface area contributed by atoms with Gasteiger partial charge in [0.05, 0.1) is 6.61 Å². The van der Waals surface area contributed by atoms with Gasteiger partial charge in [0.1, 0.15) is 0 Å². The van der Waals surface area contributed by atoms with Crippen molar-refractivity contribution in [3.05, 3.63) is 71.3 Å². The summed E-state index contributed by atoms with van der Waals surface area (Å²) in [4.78, 5) is 12.0. The third-order valence-electron chi connectivity index (χ3n) is 3.10. The molecule has 1 N–H and O–H groups in total. The van der Waals surface area contributed by atoms with Crippen LogP contribution in [-0.2, 0) is 16.1 Å². The minimum absolute atomic E-state index is 0.000191. The summed E-state index contributed by atoms with van der Waals surface area (Å²) in [6.45, 7) is 1.83. The van der Waals surface area contributed by atoms with Crippen molar-refractivity contribution in [2.24, 2.45) is 0 Å². The summed E-state index contributed by atoms with van der Waals surface area (Å²) in [7, 11) is 3.21. The zero-order valence-electron chi connectivity index (χ0n) is 13.2. The highest BCUT2D eigenvalue weighted by atomic mass is 16.7. The maximum atomic E-state index is 12.0. The number of ether oxygens (including phenoxy) is 2. The summed E-state index contributed by atoms with van der Waals surface area (Å²) in [5.41, 5.74) is 2.13. The highest BCUT2D eigenvalue weighted by Gasteiger charge is 2.07. The molecule has 0 aromatic heterocycles. The molecule has 0 radical (unpaired) electrons. The van der Waals surface area contributed by atoms with Crippen LogP contribution in [0.25, 0.3) is 0 Å². The fourth-order valence-electron chi connectivity index (χ4n) is 1.61. The largest absolute Gasteiger partial charge is 0.392 e. The lowest BCUT2D eigenvalue weighted by Crippen LogP contribution is -2.05. The number of carbonyl (C=O) groups excluding carboxylic acids is 1. The topological polar surface area (TPSA) is 55.8 Å². The molecule has 0 atom stereocenters. The van der Waals surface area contributed by atoms with Crippen LogP contribution in [0.4, 0.5) is 0 Å². The molecule has 2 rings (SSSR count). The summed E-state index contributed by atoms with van der Waals surface area (Å²) in [5.74, 6) is 0.00471. The second kappa shape index (κ2) is 9.84. The molecule has 0 heterocycles. The normalized spacial score (nSPS) is 10.0. The van der Waals surface area contributed by atoms with E-state index in [9.17, 15) is 4.79 Å². The lowest BCUT2D eigenvalue weighted by molar-refractivity contribution is -0.0877. The molecule has 2 aromatic carbocycles. The van der Waals surface area contributed by atoms with Crippen molar-refractivity contribution in [2.45, 2.75) is 19.8 Å². The molecule has 0 aliphatic carbocycles. The van der Waals surface area contributed by atoms with Gasteiger partial charge in [0, 0.05) is 25.3 Å². The van der Waals surface area contributed by atoms with Crippen LogP contribution >= 0.6 is 0 Å². The molecule has 2 aromatic rings. The molecule has 4 nitrogen and oxygen atoms in total. The molecule has 0 aliphatic rings. The zero-order chi connectivity index (χ0) is 16.4. The first-order valence-electron chi connectivity index (χ1n) is 6.97. The molecule has 0 amide bonds. The summed E-state index contributed by atoms with van der Waals surface area (Å²) in [5, 5.41) is 8.90. The molecule has 0 fully saturated rings. The van der Waals surface area contributed by atoms with Gasteiger partial charge < -0.3 is 14.6 Å².